The van der Waals surface area contributed by atoms with Crippen LogP contribution in [0.25, 0.3) is 0 Å². The molecule has 2 aromatic carbocycles. The van der Waals surface area contributed by atoms with Crippen LogP contribution in [-0.4, -0.2) is 38.3 Å². The molecule has 4 nitrogen and oxygen atoms in total. The first-order chi connectivity index (χ1) is 12.3. The van der Waals surface area contributed by atoms with E-state index in [0.717, 1.165) is 36.8 Å². The molecule has 0 aromatic heterocycles. The Morgan fingerprint density at radius 3 is 2.64 bits per heavy atom. The van der Waals surface area contributed by atoms with Crippen LogP contribution in [-0.2, 0) is 6.42 Å². The molecule has 1 unspecified atom stereocenters. The number of ether oxygens (including phenoxy) is 3. The number of hydrogen-bond acceptors (Lipinski definition) is 4. The summed E-state index contributed by atoms with van der Waals surface area (Å²) in [4.78, 5) is 2.59. The Balaban J connectivity index is 1.43. The molecule has 0 aliphatic carbocycles. The van der Waals surface area contributed by atoms with Crippen molar-refractivity contribution in [2.45, 2.75) is 25.3 Å². The highest BCUT2D eigenvalue weighted by atomic mass is 16.6. The Bertz CT molecular complexity index is 714. The smallest absolute Gasteiger partial charge is 0.161 e. The zero-order valence-electron chi connectivity index (χ0n) is 14.7. The number of benzene rings is 2. The molecule has 1 fully saturated rings. The average Bonchev–Trinajstić information content (AvgIpc) is 3.15. The molecule has 0 bridgehead atoms. The molecule has 0 amide bonds. The Morgan fingerprint density at radius 2 is 1.84 bits per heavy atom. The average molecular weight is 339 g/mol. The number of methoxy groups -OCH3 is 1. The molecular weight excluding hydrogens is 314 g/mol. The fourth-order valence-corrected chi connectivity index (χ4v) is 3.80. The third kappa shape index (κ3) is 3.59. The van der Waals surface area contributed by atoms with Crippen molar-refractivity contribution < 1.29 is 14.2 Å². The summed E-state index contributed by atoms with van der Waals surface area (Å²) in [6.45, 7) is 3.52. The molecule has 132 valence electrons. The number of hydrogen-bond donors (Lipinski definition) is 0. The molecule has 4 heteroatoms. The zero-order chi connectivity index (χ0) is 17.1. The lowest BCUT2D eigenvalue weighted by atomic mass is 10.0. The van der Waals surface area contributed by atoms with E-state index in [1.165, 1.54) is 24.0 Å². The standard InChI is InChI=1S/C21H25NO3/c1-23-18-7-4-16(5-8-18)10-12-22-11-2-3-19(22)17-6-9-20-21(15-17)25-14-13-24-20/h4-9,15,19H,2-3,10-14H2,1H3. The second-order valence-corrected chi connectivity index (χ2v) is 6.70. The number of rotatable bonds is 5. The summed E-state index contributed by atoms with van der Waals surface area (Å²) in [5.74, 6) is 2.68. The minimum atomic E-state index is 0.481. The molecule has 2 aromatic rings. The van der Waals surface area contributed by atoms with Crippen molar-refractivity contribution in [3.63, 3.8) is 0 Å². The van der Waals surface area contributed by atoms with Gasteiger partial charge in [0.2, 0.25) is 0 Å². The van der Waals surface area contributed by atoms with Gasteiger partial charge in [0.1, 0.15) is 19.0 Å². The van der Waals surface area contributed by atoms with Gasteiger partial charge in [-0.2, -0.15) is 0 Å². The van der Waals surface area contributed by atoms with Crippen molar-refractivity contribution in [3.05, 3.63) is 53.6 Å². The van der Waals surface area contributed by atoms with Gasteiger partial charge in [0.25, 0.3) is 0 Å². The highest BCUT2D eigenvalue weighted by Crippen LogP contribution is 2.38. The van der Waals surface area contributed by atoms with E-state index in [-0.39, 0.29) is 0 Å². The first-order valence-corrected chi connectivity index (χ1v) is 9.10. The predicted molar refractivity (Wildman–Crippen MR) is 97.7 cm³/mol. The molecular formula is C21H25NO3. The summed E-state index contributed by atoms with van der Waals surface area (Å²) in [5.41, 5.74) is 2.70. The van der Waals surface area contributed by atoms with E-state index < -0.39 is 0 Å². The highest BCUT2D eigenvalue weighted by molar-refractivity contribution is 5.44. The van der Waals surface area contributed by atoms with Crippen molar-refractivity contribution in [1.82, 2.24) is 4.90 Å². The normalized spacial score (nSPS) is 19.8. The van der Waals surface area contributed by atoms with Crippen LogP contribution in [0.1, 0.15) is 30.0 Å². The first kappa shape index (κ1) is 16.3. The number of nitrogens with zero attached hydrogens (tertiary/aromatic N) is 1. The van der Waals surface area contributed by atoms with Crippen LogP contribution in [0, 0.1) is 0 Å². The maximum absolute atomic E-state index is 5.75. The van der Waals surface area contributed by atoms with Gasteiger partial charge in [-0.3, -0.25) is 4.90 Å². The lowest BCUT2D eigenvalue weighted by Crippen LogP contribution is -2.26. The van der Waals surface area contributed by atoms with E-state index in [4.69, 9.17) is 14.2 Å². The fraction of sp³-hybridized carbons (Fsp3) is 0.429. The summed E-state index contributed by atoms with van der Waals surface area (Å²) in [6.07, 6.45) is 3.52. The van der Waals surface area contributed by atoms with Gasteiger partial charge in [-0.15, -0.1) is 0 Å². The molecule has 1 atom stereocenters. The molecule has 0 saturated carbocycles. The van der Waals surface area contributed by atoms with Crippen molar-refractivity contribution in [1.29, 1.82) is 0 Å². The van der Waals surface area contributed by atoms with E-state index in [1.807, 2.05) is 12.1 Å². The molecule has 4 rings (SSSR count). The summed E-state index contributed by atoms with van der Waals surface area (Å²) in [6, 6.07) is 15.3. The molecule has 0 N–H and O–H groups in total. The Morgan fingerprint density at radius 1 is 1.04 bits per heavy atom. The van der Waals surface area contributed by atoms with E-state index in [1.54, 1.807) is 7.11 Å². The largest absolute Gasteiger partial charge is 0.497 e. The minimum Gasteiger partial charge on any atom is -0.497 e. The Hall–Kier alpha value is -2.20. The van der Waals surface area contributed by atoms with Gasteiger partial charge in [-0.05, 0) is 61.2 Å². The quantitative estimate of drug-likeness (QED) is 0.828. The summed E-state index contributed by atoms with van der Waals surface area (Å²) < 4.78 is 16.6. The van der Waals surface area contributed by atoms with Gasteiger partial charge in [-0.25, -0.2) is 0 Å². The lowest BCUT2D eigenvalue weighted by Gasteiger charge is -2.26. The molecule has 0 spiro atoms. The van der Waals surface area contributed by atoms with Crippen LogP contribution < -0.4 is 14.2 Å². The molecule has 25 heavy (non-hydrogen) atoms. The summed E-state index contributed by atoms with van der Waals surface area (Å²) in [5, 5.41) is 0. The second-order valence-electron chi connectivity index (χ2n) is 6.70. The fourth-order valence-electron chi connectivity index (χ4n) is 3.80. The highest BCUT2D eigenvalue weighted by Gasteiger charge is 2.27. The topological polar surface area (TPSA) is 30.9 Å². The number of fused-ring (bicyclic) bond motifs is 1. The van der Waals surface area contributed by atoms with E-state index in [9.17, 15) is 0 Å². The van der Waals surface area contributed by atoms with Crippen molar-refractivity contribution >= 4 is 0 Å². The van der Waals surface area contributed by atoms with Gasteiger partial charge in [0.15, 0.2) is 11.5 Å². The van der Waals surface area contributed by atoms with Gasteiger partial charge in [-0.1, -0.05) is 18.2 Å². The van der Waals surface area contributed by atoms with Gasteiger partial charge < -0.3 is 14.2 Å². The van der Waals surface area contributed by atoms with Crippen LogP contribution in [0.3, 0.4) is 0 Å². The second kappa shape index (κ2) is 7.36. The maximum atomic E-state index is 5.75. The van der Waals surface area contributed by atoms with Gasteiger partial charge in [0.05, 0.1) is 7.11 Å². The lowest BCUT2D eigenvalue weighted by molar-refractivity contribution is 0.170. The van der Waals surface area contributed by atoms with E-state index in [2.05, 4.69) is 35.2 Å². The molecule has 0 radical (unpaired) electrons. The zero-order valence-corrected chi connectivity index (χ0v) is 14.7. The van der Waals surface area contributed by atoms with Crippen LogP contribution in [0.4, 0.5) is 0 Å². The van der Waals surface area contributed by atoms with E-state index in [0.29, 0.717) is 19.3 Å². The molecule has 2 aliphatic heterocycles. The Labute approximate surface area is 149 Å². The third-order valence-electron chi connectivity index (χ3n) is 5.16. The molecule has 1 saturated heterocycles. The summed E-state index contributed by atoms with van der Waals surface area (Å²) >= 11 is 0. The van der Waals surface area contributed by atoms with Crippen LogP contribution in [0.15, 0.2) is 42.5 Å². The maximum Gasteiger partial charge on any atom is 0.161 e. The summed E-state index contributed by atoms with van der Waals surface area (Å²) in [7, 11) is 1.71. The predicted octanol–water partition coefficient (Wildman–Crippen LogP) is 3.85. The number of likely N-dealkylation sites (tertiary alicyclic amines) is 1. The first-order valence-electron chi connectivity index (χ1n) is 9.10. The van der Waals surface area contributed by atoms with Crippen LogP contribution in [0.2, 0.25) is 0 Å². The Kier molecular flexibility index (Phi) is 4.79. The van der Waals surface area contributed by atoms with E-state index >= 15 is 0 Å². The van der Waals surface area contributed by atoms with Gasteiger partial charge >= 0.3 is 0 Å². The van der Waals surface area contributed by atoms with Gasteiger partial charge in [0, 0.05) is 12.6 Å². The van der Waals surface area contributed by atoms with Crippen LogP contribution in [0.5, 0.6) is 17.2 Å². The third-order valence-corrected chi connectivity index (χ3v) is 5.16. The molecule has 2 aliphatic rings. The van der Waals surface area contributed by atoms with Crippen LogP contribution >= 0.6 is 0 Å². The molecule has 2 heterocycles. The van der Waals surface area contributed by atoms with Crippen molar-refractivity contribution in [2.24, 2.45) is 0 Å². The minimum absolute atomic E-state index is 0.481. The van der Waals surface area contributed by atoms with Crippen molar-refractivity contribution in [2.75, 3.05) is 33.4 Å². The van der Waals surface area contributed by atoms with Crippen molar-refractivity contribution in [3.8, 4) is 17.2 Å². The monoisotopic (exact) mass is 339 g/mol. The SMILES string of the molecule is COc1ccc(CCN2CCCC2c2ccc3c(c2)OCCO3)cc1.